The summed E-state index contributed by atoms with van der Waals surface area (Å²) in [6, 6.07) is 5.38. The number of halogens is 6. The standard InChI is InChI=1S/C14H5F6N5S/c15-13(16,17)7-3-1-2-6(4-7)12-22-11(14(18,19)20)10(26-12)9-8(5-21)23-25-24-9/h1-4H,(H,23,24,25). The fourth-order valence-corrected chi connectivity index (χ4v) is 3.16. The third-order valence-electron chi connectivity index (χ3n) is 3.20. The second kappa shape index (κ2) is 6.10. The molecule has 5 nitrogen and oxygen atoms in total. The van der Waals surface area contributed by atoms with E-state index < -0.39 is 28.5 Å². The lowest BCUT2D eigenvalue weighted by Gasteiger charge is -2.07. The molecule has 134 valence electrons. The van der Waals surface area contributed by atoms with E-state index in [1.54, 1.807) is 6.07 Å². The van der Waals surface area contributed by atoms with Crippen LogP contribution in [0.4, 0.5) is 26.3 Å². The van der Waals surface area contributed by atoms with Crippen LogP contribution >= 0.6 is 11.3 Å². The first-order valence-corrected chi connectivity index (χ1v) is 7.50. The zero-order valence-electron chi connectivity index (χ0n) is 12.3. The highest BCUT2D eigenvalue weighted by Gasteiger charge is 2.39. The molecule has 0 saturated carbocycles. The molecular formula is C14H5F6N5S. The second-order valence-electron chi connectivity index (χ2n) is 4.91. The molecule has 1 N–H and O–H groups in total. The first-order valence-electron chi connectivity index (χ1n) is 6.68. The minimum absolute atomic E-state index is 0.136. The number of nitrogens with zero attached hydrogens (tertiary/aromatic N) is 4. The van der Waals surface area contributed by atoms with Gasteiger partial charge in [-0.25, -0.2) is 4.98 Å². The molecule has 26 heavy (non-hydrogen) atoms. The largest absolute Gasteiger partial charge is 0.434 e. The Morgan fingerprint density at radius 3 is 2.38 bits per heavy atom. The van der Waals surface area contributed by atoms with Crippen LogP contribution < -0.4 is 0 Å². The molecule has 0 fully saturated rings. The molecule has 2 heterocycles. The van der Waals surface area contributed by atoms with Crippen molar-refractivity contribution >= 4 is 11.3 Å². The van der Waals surface area contributed by atoms with E-state index in [1.807, 2.05) is 5.21 Å². The maximum atomic E-state index is 13.3. The van der Waals surface area contributed by atoms with Crippen LogP contribution in [-0.2, 0) is 12.4 Å². The number of alkyl halides is 6. The van der Waals surface area contributed by atoms with E-state index in [-0.39, 0.29) is 22.0 Å². The predicted molar refractivity (Wildman–Crippen MR) is 77.6 cm³/mol. The highest BCUT2D eigenvalue weighted by molar-refractivity contribution is 7.18. The summed E-state index contributed by atoms with van der Waals surface area (Å²) < 4.78 is 78.4. The summed E-state index contributed by atoms with van der Waals surface area (Å²) in [5, 5.41) is 17.6. The fourth-order valence-electron chi connectivity index (χ4n) is 2.09. The van der Waals surface area contributed by atoms with Crippen molar-refractivity contribution in [3.05, 3.63) is 41.2 Å². The molecule has 0 unspecified atom stereocenters. The van der Waals surface area contributed by atoms with Gasteiger partial charge in [0, 0.05) is 5.56 Å². The highest BCUT2D eigenvalue weighted by atomic mass is 32.1. The zero-order valence-corrected chi connectivity index (χ0v) is 13.1. The Hall–Kier alpha value is -2.94. The van der Waals surface area contributed by atoms with Crippen molar-refractivity contribution in [2.24, 2.45) is 0 Å². The number of aromatic amines is 1. The number of hydrogen-bond acceptors (Lipinski definition) is 5. The van der Waals surface area contributed by atoms with Crippen LogP contribution in [0.5, 0.6) is 0 Å². The summed E-state index contributed by atoms with van der Waals surface area (Å²) in [5.41, 5.74) is -3.24. The third-order valence-corrected chi connectivity index (χ3v) is 4.31. The molecular weight excluding hydrogens is 384 g/mol. The second-order valence-corrected chi connectivity index (χ2v) is 5.90. The molecule has 12 heteroatoms. The highest BCUT2D eigenvalue weighted by Crippen LogP contribution is 2.43. The van der Waals surface area contributed by atoms with Crippen molar-refractivity contribution < 1.29 is 26.3 Å². The molecule has 0 aliphatic carbocycles. The van der Waals surface area contributed by atoms with Crippen molar-refractivity contribution in [1.29, 1.82) is 5.26 Å². The molecule has 2 aromatic heterocycles. The van der Waals surface area contributed by atoms with Crippen molar-refractivity contribution in [3.8, 4) is 27.2 Å². The van der Waals surface area contributed by atoms with E-state index in [9.17, 15) is 26.3 Å². The molecule has 0 amide bonds. The quantitative estimate of drug-likeness (QED) is 0.655. The van der Waals surface area contributed by atoms with E-state index in [0.29, 0.717) is 17.4 Å². The Morgan fingerprint density at radius 2 is 1.77 bits per heavy atom. The Balaban J connectivity index is 2.19. The fraction of sp³-hybridized carbons (Fsp3) is 0.143. The van der Waals surface area contributed by atoms with Crippen molar-refractivity contribution in [1.82, 2.24) is 20.4 Å². The van der Waals surface area contributed by atoms with Gasteiger partial charge in [-0.1, -0.05) is 12.1 Å². The monoisotopic (exact) mass is 389 g/mol. The van der Waals surface area contributed by atoms with Crippen molar-refractivity contribution in [3.63, 3.8) is 0 Å². The molecule has 0 aliphatic rings. The van der Waals surface area contributed by atoms with Gasteiger partial charge in [0.1, 0.15) is 16.8 Å². The van der Waals surface area contributed by atoms with Gasteiger partial charge in [0.2, 0.25) is 0 Å². The van der Waals surface area contributed by atoms with E-state index in [0.717, 1.165) is 12.1 Å². The molecule has 0 spiro atoms. The number of aromatic nitrogens is 4. The van der Waals surface area contributed by atoms with Gasteiger partial charge >= 0.3 is 12.4 Å². The lowest BCUT2D eigenvalue weighted by Crippen LogP contribution is -2.07. The molecule has 3 rings (SSSR count). The SMILES string of the molecule is N#Cc1n[nH]nc1-c1sc(-c2cccc(C(F)(F)F)c2)nc1C(F)(F)F. The summed E-state index contributed by atoms with van der Waals surface area (Å²) in [6.45, 7) is 0. The number of H-pyrrole nitrogens is 1. The van der Waals surface area contributed by atoms with Crippen LogP contribution in [0.15, 0.2) is 24.3 Å². The van der Waals surface area contributed by atoms with Gasteiger partial charge in [-0.3, -0.25) is 0 Å². The molecule has 0 saturated heterocycles. The van der Waals surface area contributed by atoms with Crippen LogP contribution in [0.25, 0.3) is 21.1 Å². The summed E-state index contributed by atoms with van der Waals surface area (Å²) in [4.78, 5) is 2.94. The minimum atomic E-state index is -4.89. The average Bonchev–Trinajstić information content (AvgIpc) is 3.20. The van der Waals surface area contributed by atoms with Gasteiger partial charge in [-0.15, -0.1) is 16.4 Å². The Morgan fingerprint density at radius 1 is 1.04 bits per heavy atom. The molecule has 0 atom stereocenters. The Bertz CT molecular complexity index is 994. The van der Waals surface area contributed by atoms with Crippen LogP contribution in [0.1, 0.15) is 17.0 Å². The zero-order chi connectivity index (χ0) is 19.1. The summed E-state index contributed by atoms with van der Waals surface area (Å²) >= 11 is 0.474. The number of hydrogen-bond donors (Lipinski definition) is 1. The third kappa shape index (κ3) is 3.25. The predicted octanol–water partition coefficient (Wildman–Crippen LogP) is 4.50. The number of benzene rings is 1. The number of rotatable bonds is 2. The molecule has 0 radical (unpaired) electrons. The van der Waals surface area contributed by atoms with E-state index >= 15 is 0 Å². The first-order chi connectivity index (χ1) is 12.1. The number of nitriles is 1. The molecule has 0 bridgehead atoms. The van der Waals surface area contributed by atoms with Crippen LogP contribution in [-0.4, -0.2) is 20.4 Å². The number of nitrogens with one attached hydrogen (secondary N) is 1. The smallest absolute Gasteiger partial charge is 0.231 e. The maximum Gasteiger partial charge on any atom is 0.434 e. The van der Waals surface area contributed by atoms with Gasteiger partial charge in [-0.05, 0) is 12.1 Å². The summed E-state index contributed by atoms with van der Waals surface area (Å²) in [5.74, 6) is 0. The minimum Gasteiger partial charge on any atom is -0.231 e. The molecule has 0 aliphatic heterocycles. The first kappa shape index (κ1) is 17.9. The average molecular weight is 389 g/mol. The van der Waals surface area contributed by atoms with Gasteiger partial charge in [0.05, 0.1) is 10.4 Å². The van der Waals surface area contributed by atoms with Crippen molar-refractivity contribution in [2.75, 3.05) is 0 Å². The lowest BCUT2D eigenvalue weighted by atomic mass is 10.1. The van der Waals surface area contributed by atoms with E-state index in [2.05, 4.69) is 15.2 Å². The number of thiazole rings is 1. The van der Waals surface area contributed by atoms with Gasteiger partial charge < -0.3 is 0 Å². The van der Waals surface area contributed by atoms with E-state index in [4.69, 9.17) is 5.26 Å². The normalized spacial score (nSPS) is 12.2. The van der Waals surface area contributed by atoms with E-state index in [1.165, 1.54) is 6.07 Å². The summed E-state index contributed by atoms with van der Waals surface area (Å²) in [6.07, 6.45) is -9.54. The Labute approximate surface area is 144 Å². The van der Waals surface area contributed by atoms with Crippen LogP contribution in [0.2, 0.25) is 0 Å². The molecule has 1 aromatic carbocycles. The van der Waals surface area contributed by atoms with Crippen LogP contribution in [0.3, 0.4) is 0 Å². The van der Waals surface area contributed by atoms with Gasteiger partial charge in [0.25, 0.3) is 0 Å². The van der Waals surface area contributed by atoms with Gasteiger partial charge in [-0.2, -0.15) is 41.9 Å². The Kier molecular flexibility index (Phi) is 4.19. The molecule has 3 aromatic rings. The van der Waals surface area contributed by atoms with Gasteiger partial charge in [0.15, 0.2) is 11.4 Å². The topological polar surface area (TPSA) is 78.2 Å². The van der Waals surface area contributed by atoms with Crippen molar-refractivity contribution in [2.45, 2.75) is 12.4 Å². The maximum absolute atomic E-state index is 13.3. The summed E-state index contributed by atoms with van der Waals surface area (Å²) in [7, 11) is 0. The van der Waals surface area contributed by atoms with Crippen LogP contribution in [0, 0.1) is 11.3 Å². The lowest BCUT2D eigenvalue weighted by molar-refractivity contribution is -0.140.